The van der Waals surface area contributed by atoms with Crippen LogP contribution in [0.2, 0.25) is 5.02 Å². The topological polar surface area (TPSA) is 48.0 Å². The van der Waals surface area contributed by atoms with Crippen LogP contribution in [0, 0.1) is 11.6 Å². The molecule has 2 aliphatic rings. The summed E-state index contributed by atoms with van der Waals surface area (Å²) in [7, 11) is 0. The largest absolute Gasteiger partial charge is 0.444 e. The molecular weight excluding hydrogens is 440 g/mol. The Morgan fingerprint density at radius 1 is 1.12 bits per heavy atom. The highest BCUT2D eigenvalue weighted by atomic mass is 35.5. The fraction of sp³-hybridized carbons (Fsp3) is 0.458. The van der Waals surface area contributed by atoms with E-state index in [0.717, 1.165) is 0 Å². The summed E-state index contributed by atoms with van der Waals surface area (Å²) in [6, 6.07) is 7.06. The van der Waals surface area contributed by atoms with Gasteiger partial charge in [0.25, 0.3) is 5.79 Å². The number of halogens is 3. The molecule has 1 fully saturated rings. The maximum atomic E-state index is 15.0. The Morgan fingerprint density at radius 3 is 2.44 bits per heavy atom. The van der Waals surface area contributed by atoms with Crippen LogP contribution in [-0.2, 0) is 10.5 Å². The fourth-order valence-electron chi connectivity index (χ4n) is 4.19. The van der Waals surface area contributed by atoms with Crippen LogP contribution in [0.1, 0.15) is 57.6 Å². The minimum atomic E-state index is -1.45. The average molecular weight is 466 g/mol. The molecule has 4 rings (SSSR count). The molecule has 0 aliphatic carbocycles. The third-order valence-electron chi connectivity index (χ3n) is 5.68. The molecule has 0 spiro atoms. The third-order valence-corrected chi connectivity index (χ3v) is 5.92. The molecule has 32 heavy (non-hydrogen) atoms. The Balaban J connectivity index is 1.55. The molecule has 1 amide bonds. The van der Waals surface area contributed by atoms with Gasteiger partial charge in [0.15, 0.2) is 11.5 Å². The maximum Gasteiger partial charge on any atom is 0.410 e. The van der Waals surface area contributed by atoms with Gasteiger partial charge in [0.1, 0.15) is 17.2 Å². The Bertz CT molecular complexity index is 1050. The summed E-state index contributed by atoms with van der Waals surface area (Å²) >= 11 is 5.87. The molecule has 0 aromatic heterocycles. The predicted octanol–water partition coefficient (Wildman–Crippen LogP) is 6.38. The minimum Gasteiger partial charge on any atom is -0.444 e. The lowest BCUT2D eigenvalue weighted by Crippen LogP contribution is -2.41. The molecule has 0 N–H and O–H groups in total. The van der Waals surface area contributed by atoms with E-state index >= 15 is 0 Å². The number of carbonyl (C=O) groups is 1. The number of likely N-dealkylation sites (tertiary alicyclic amines) is 1. The fourth-order valence-corrected chi connectivity index (χ4v) is 4.35. The van der Waals surface area contributed by atoms with E-state index in [4.69, 9.17) is 25.8 Å². The number of rotatable bonds is 2. The number of fused-ring (bicyclic) bond motifs is 1. The SMILES string of the molecule is CC(C)(C)OC(=O)N1CCC(c2c(F)ccc3c2OC(C)(c2ccc(Cl)cc2F)O3)CC1. The number of hydrogen-bond acceptors (Lipinski definition) is 4. The van der Waals surface area contributed by atoms with Gasteiger partial charge in [-0.2, -0.15) is 0 Å². The molecular formula is C24H26ClF2NO4. The Hall–Kier alpha value is -2.54. The third kappa shape index (κ3) is 4.35. The summed E-state index contributed by atoms with van der Waals surface area (Å²) in [5.41, 5.74) is -0.0130. The molecule has 1 unspecified atom stereocenters. The molecule has 2 aromatic rings. The van der Waals surface area contributed by atoms with Crippen molar-refractivity contribution in [2.24, 2.45) is 0 Å². The number of ether oxygens (including phenoxy) is 3. The molecule has 5 nitrogen and oxygen atoms in total. The van der Waals surface area contributed by atoms with Crippen molar-refractivity contribution in [3.05, 3.63) is 58.1 Å². The number of amides is 1. The molecule has 0 bridgehead atoms. The summed E-state index contributed by atoms with van der Waals surface area (Å²) in [5, 5.41) is 0.258. The normalized spacial score (nSPS) is 21.0. The van der Waals surface area contributed by atoms with E-state index in [1.165, 1.54) is 24.3 Å². The standard InChI is InChI=1S/C24H26ClF2NO4/c1-23(2,3)32-22(29)28-11-9-14(10-12-28)20-17(26)7-8-19-21(20)31-24(4,30-19)16-6-5-15(25)13-18(16)27/h5-8,13-14H,9-12H2,1-4H3. The molecule has 172 valence electrons. The number of piperidine rings is 1. The highest BCUT2D eigenvalue weighted by Crippen LogP contribution is 2.50. The summed E-state index contributed by atoms with van der Waals surface area (Å²) in [5.74, 6) is -1.98. The first-order chi connectivity index (χ1) is 15.0. The van der Waals surface area contributed by atoms with E-state index in [0.29, 0.717) is 37.2 Å². The Labute approximate surface area is 191 Å². The molecule has 1 atom stereocenters. The lowest BCUT2D eigenvalue weighted by Gasteiger charge is -2.34. The van der Waals surface area contributed by atoms with E-state index in [-0.39, 0.29) is 28.3 Å². The first kappa shape index (κ1) is 22.6. The minimum absolute atomic E-state index is 0.171. The van der Waals surface area contributed by atoms with Crippen LogP contribution in [0.25, 0.3) is 0 Å². The van der Waals surface area contributed by atoms with Crippen LogP contribution in [-0.4, -0.2) is 29.7 Å². The van der Waals surface area contributed by atoms with Crippen LogP contribution in [0.5, 0.6) is 11.5 Å². The van der Waals surface area contributed by atoms with Crippen molar-refractivity contribution in [2.75, 3.05) is 13.1 Å². The van der Waals surface area contributed by atoms with Gasteiger partial charge in [0.2, 0.25) is 0 Å². The zero-order chi connectivity index (χ0) is 23.3. The van der Waals surface area contributed by atoms with Gasteiger partial charge < -0.3 is 19.1 Å². The van der Waals surface area contributed by atoms with Crippen LogP contribution in [0.3, 0.4) is 0 Å². The number of benzene rings is 2. The second-order valence-corrected chi connectivity index (χ2v) is 9.74. The lowest BCUT2D eigenvalue weighted by atomic mass is 9.88. The Kier molecular flexibility index (Phi) is 5.74. The molecule has 2 aromatic carbocycles. The van der Waals surface area contributed by atoms with Crippen molar-refractivity contribution in [3.63, 3.8) is 0 Å². The quantitative estimate of drug-likeness (QED) is 0.516. The summed E-state index contributed by atoms with van der Waals surface area (Å²) < 4.78 is 47.0. The molecule has 0 saturated carbocycles. The highest BCUT2D eigenvalue weighted by molar-refractivity contribution is 6.30. The summed E-state index contributed by atoms with van der Waals surface area (Å²) in [6.07, 6.45) is 0.712. The van der Waals surface area contributed by atoms with Gasteiger partial charge in [0.05, 0.1) is 5.56 Å². The van der Waals surface area contributed by atoms with Gasteiger partial charge in [-0.05, 0) is 69.9 Å². The summed E-state index contributed by atoms with van der Waals surface area (Å²) in [6.45, 7) is 7.92. The van der Waals surface area contributed by atoms with E-state index in [1.54, 1.807) is 17.9 Å². The maximum absolute atomic E-state index is 15.0. The van der Waals surface area contributed by atoms with Crippen molar-refractivity contribution >= 4 is 17.7 Å². The van der Waals surface area contributed by atoms with Crippen LogP contribution in [0.15, 0.2) is 30.3 Å². The van der Waals surface area contributed by atoms with Gasteiger partial charge in [-0.3, -0.25) is 0 Å². The smallest absolute Gasteiger partial charge is 0.410 e. The van der Waals surface area contributed by atoms with E-state index < -0.39 is 23.0 Å². The van der Waals surface area contributed by atoms with Gasteiger partial charge in [-0.25, -0.2) is 13.6 Å². The molecule has 1 saturated heterocycles. The zero-order valence-corrected chi connectivity index (χ0v) is 19.3. The second kappa shape index (κ2) is 8.10. The lowest BCUT2D eigenvalue weighted by molar-refractivity contribution is -0.0712. The molecule has 2 aliphatic heterocycles. The van der Waals surface area contributed by atoms with Crippen molar-refractivity contribution in [3.8, 4) is 11.5 Å². The average Bonchev–Trinajstić information content (AvgIpc) is 3.03. The number of carbonyl (C=O) groups excluding carboxylic acids is 1. The monoisotopic (exact) mass is 465 g/mol. The molecule has 2 heterocycles. The summed E-state index contributed by atoms with van der Waals surface area (Å²) in [4.78, 5) is 14.0. The molecule has 0 radical (unpaired) electrons. The number of nitrogens with zero attached hydrogens (tertiary/aromatic N) is 1. The van der Waals surface area contributed by atoms with E-state index in [9.17, 15) is 13.6 Å². The van der Waals surface area contributed by atoms with Crippen molar-refractivity contribution in [1.82, 2.24) is 4.90 Å². The predicted molar refractivity (Wildman–Crippen MR) is 116 cm³/mol. The first-order valence-electron chi connectivity index (χ1n) is 10.6. The zero-order valence-electron chi connectivity index (χ0n) is 18.5. The number of hydrogen-bond donors (Lipinski definition) is 0. The van der Waals surface area contributed by atoms with Gasteiger partial charge in [0, 0.05) is 30.6 Å². The molecule has 8 heteroatoms. The van der Waals surface area contributed by atoms with Crippen LogP contribution < -0.4 is 9.47 Å². The first-order valence-corrected chi connectivity index (χ1v) is 11.0. The Morgan fingerprint density at radius 2 is 1.81 bits per heavy atom. The van der Waals surface area contributed by atoms with Crippen LogP contribution in [0.4, 0.5) is 13.6 Å². The van der Waals surface area contributed by atoms with Gasteiger partial charge in [-0.1, -0.05) is 11.6 Å². The van der Waals surface area contributed by atoms with Crippen molar-refractivity contribution in [2.45, 2.75) is 57.8 Å². The van der Waals surface area contributed by atoms with E-state index in [2.05, 4.69) is 0 Å². The van der Waals surface area contributed by atoms with E-state index in [1.807, 2.05) is 20.8 Å². The van der Waals surface area contributed by atoms with Gasteiger partial charge in [-0.15, -0.1) is 0 Å². The van der Waals surface area contributed by atoms with Crippen LogP contribution >= 0.6 is 11.6 Å². The highest BCUT2D eigenvalue weighted by Gasteiger charge is 2.44. The second-order valence-electron chi connectivity index (χ2n) is 9.30. The van der Waals surface area contributed by atoms with Gasteiger partial charge >= 0.3 is 6.09 Å². The van der Waals surface area contributed by atoms with Crippen molar-refractivity contribution in [1.29, 1.82) is 0 Å². The van der Waals surface area contributed by atoms with Crippen molar-refractivity contribution < 1.29 is 27.8 Å².